The lowest BCUT2D eigenvalue weighted by atomic mass is 10.3. The van der Waals surface area contributed by atoms with Crippen LogP contribution in [0.2, 0.25) is 5.02 Å². The molecule has 0 aliphatic carbocycles. The predicted molar refractivity (Wildman–Crippen MR) is 109 cm³/mol. The average molecular weight is 403 g/mol. The maximum absolute atomic E-state index is 12.3. The summed E-state index contributed by atoms with van der Waals surface area (Å²) in [6.45, 7) is 0.131. The molecule has 0 radical (unpaired) electrons. The molecule has 2 amide bonds. The fraction of sp³-hybridized carbons (Fsp3) is 0.211. The Morgan fingerprint density at radius 1 is 1.07 bits per heavy atom. The molecule has 0 fully saturated rings. The number of likely N-dealkylation sites (N-methyl/N-ethyl adjacent to an activating group) is 1. The zero-order valence-electron chi connectivity index (χ0n) is 14.7. The van der Waals surface area contributed by atoms with E-state index in [0.717, 1.165) is 4.90 Å². The van der Waals surface area contributed by atoms with Crippen molar-refractivity contribution < 1.29 is 9.59 Å². The number of halogens is 1. The number of amides is 2. The first-order valence-corrected chi connectivity index (χ1v) is 9.47. The maximum Gasteiger partial charge on any atom is 0.238 e. The highest BCUT2D eigenvalue weighted by Gasteiger charge is 2.12. The number of carbonyl (C=O) groups excluding carboxylic acids is 2. The zero-order valence-corrected chi connectivity index (χ0v) is 16.3. The van der Waals surface area contributed by atoms with Gasteiger partial charge in [0.15, 0.2) is 0 Å². The lowest BCUT2D eigenvalue weighted by Gasteiger charge is -2.17. The van der Waals surface area contributed by atoms with Gasteiger partial charge in [-0.25, -0.2) is 0 Å². The molecule has 6 nitrogen and oxygen atoms in total. The Morgan fingerprint density at radius 3 is 2.37 bits per heavy atom. The second-order valence-electron chi connectivity index (χ2n) is 5.72. The van der Waals surface area contributed by atoms with Crippen molar-refractivity contribution in [2.24, 2.45) is 0 Å². The van der Waals surface area contributed by atoms with Crippen molar-refractivity contribution in [3.05, 3.63) is 53.6 Å². The van der Waals surface area contributed by atoms with Gasteiger partial charge < -0.3 is 10.6 Å². The third kappa shape index (κ3) is 7.31. The first-order valence-electron chi connectivity index (χ1n) is 8.10. The number of nitriles is 1. The second kappa shape index (κ2) is 10.6. The number of rotatable bonds is 8. The summed E-state index contributed by atoms with van der Waals surface area (Å²) in [6.07, 6.45) is 0. The molecule has 0 aromatic heterocycles. The van der Waals surface area contributed by atoms with Gasteiger partial charge in [0.1, 0.15) is 0 Å². The molecule has 0 bridgehead atoms. The van der Waals surface area contributed by atoms with Gasteiger partial charge in [0.05, 0.1) is 30.6 Å². The van der Waals surface area contributed by atoms with Crippen molar-refractivity contribution in [3.63, 3.8) is 0 Å². The minimum atomic E-state index is -0.234. The Balaban J connectivity index is 1.84. The Kier molecular flexibility index (Phi) is 8.14. The van der Waals surface area contributed by atoms with Crippen LogP contribution in [0.25, 0.3) is 0 Å². The molecule has 140 valence electrons. The second-order valence-corrected chi connectivity index (χ2v) is 7.17. The first kappa shape index (κ1) is 20.8. The Labute approximate surface area is 167 Å². The molecule has 0 unspecified atom stereocenters. The molecule has 0 saturated heterocycles. The highest BCUT2D eigenvalue weighted by Crippen LogP contribution is 2.26. The van der Waals surface area contributed by atoms with Gasteiger partial charge in [-0.2, -0.15) is 5.26 Å². The SMILES string of the molecule is CN(CC(=O)Nc1ccc(Cl)cc1)CC(=O)Nc1ccccc1SCC#N. The Hall–Kier alpha value is -2.53. The van der Waals surface area contributed by atoms with Gasteiger partial charge in [-0.1, -0.05) is 23.7 Å². The van der Waals surface area contributed by atoms with Crippen LogP contribution in [0.5, 0.6) is 0 Å². The van der Waals surface area contributed by atoms with Crippen LogP contribution >= 0.6 is 23.4 Å². The van der Waals surface area contributed by atoms with Gasteiger partial charge in [0.2, 0.25) is 11.8 Å². The molecule has 0 spiro atoms. The third-order valence-corrected chi connectivity index (χ3v) is 4.60. The van der Waals surface area contributed by atoms with Crippen LogP contribution in [0, 0.1) is 11.3 Å². The van der Waals surface area contributed by atoms with E-state index in [1.165, 1.54) is 11.8 Å². The number of thioether (sulfide) groups is 1. The summed E-state index contributed by atoms with van der Waals surface area (Å²) in [7, 11) is 1.69. The van der Waals surface area contributed by atoms with Crippen molar-refractivity contribution in [1.29, 1.82) is 5.26 Å². The van der Waals surface area contributed by atoms with Gasteiger partial charge in [-0.3, -0.25) is 14.5 Å². The van der Waals surface area contributed by atoms with Gasteiger partial charge in [0, 0.05) is 15.6 Å². The highest BCUT2D eigenvalue weighted by molar-refractivity contribution is 7.99. The summed E-state index contributed by atoms with van der Waals surface area (Å²) < 4.78 is 0. The van der Waals surface area contributed by atoms with E-state index >= 15 is 0 Å². The van der Waals surface area contributed by atoms with Crippen LogP contribution in [-0.2, 0) is 9.59 Å². The molecule has 2 N–H and O–H groups in total. The van der Waals surface area contributed by atoms with E-state index in [4.69, 9.17) is 16.9 Å². The molecule has 0 saturated carbocycles. The number of para-hydroxylation sites is 1. The number of nitrogens with one attached hydrogen (secondary N) is 2. The van der Waals surface area contributed by atoms with E-state index in [9.17, 15) is 9.59 Å². The molecule has 27 heavy (non-hydrogen) atoms. The summed E-state index contributed by atoms with van der Waals surface area (Å²) in [5.41, 5.74) is 1.30. The topological polar surface area (TPSA) is 85.2 Å². The number of hydrogen-bond acceptors (Lipinski definition) is 5. The normalized spacial score (nSPS) is 10.3. The van der Waals surface area contributed by atoms with Crippen LogP contribution in [-0.4, -0.2) is 42.6 Å². The van der Waals surface area contributed by atoms with E-state index in [-0.39, 0.29) is 24.9 Å². The largest absolute Gasteiger partial charge is 0.325 e. The summed E-state index contributed by atoms with van der Waals surface area (Å²) in [4.78, 5) is 26.8. The van der Waals surface area contributed by atoms with Crippen LogP contribution in [0.1, 0.15) is 0 Å². The first-order chi connectivity index (χ1) is 13.0. The molecular formula is C19H19ClN4O2S. The van der Waals surface area contributed by atoms with Crippen LogP contribution in [0.4, 0.5) is 11.4 Å². The average Bonchev–Trinajstić information content (AvgIpc) is 2.62. The van der Waals surface area contributed by atoms with Gasteiger partial charge >= 0.3 is 0 Å². The monoisotopic (exact) mass is 402 g/mol. The van der Waals surface area contributed by atoms with Crippen molar-refractivity contribution >= 4 is 46.6 Å². The van der Waals surface area contributed by atoms with Crippen molar-refractivity contribution in [2.75, 3.05) is 36.5 Å². The molecule has 0 aliphatic rings. The van der Waals surface area contributed by atoms with Crippen molar-refractivity contribution in [1.82, 2.24) is 4.90 Å². The van der Waals surface area contributed by atoms with Crippen LogP contribution < -0.4 is 10.6 Å². The summed E-state index contributed by atoms with van der Waals surface area (Å²) in [6, 6.07) is 16.2. The molecular weight excluding hydrogens is 384 g/mol. The fourth-order valence-electron chi connectivity index (χ4n) is 2.28. The fourth-order valence-corrected chi connectivity index (χ4v) is 3.07. The molecule has 0 heterocycles. The minimum absolute atomic E-state index is 0.0608. The maximum atomic E-state index is 12.3. The summed E-state index contributed by atoms with van der Waals surface area (Å²) in [5, 5.41) is 14.9. The van der Waals surface area contributed by atoms with E-state index in [1.807, 2.05) is 18.2 Å². The zero-order chi connectivity index (χ0) is 19.6. The van der Waals surface area contributed by atoms with Gasteiger partial charge in [-0.15, -0.1) is 11.8 Å². The molecule has 2 rings (SSSR count). The number of nitrogens with zero attached hydrogens (tertiary/aromatic N) is 2. The van der Waals surface area contributed by atoms with E-state index in [1.54, 1.807) is 42.3 Å². The molecule has 0 atom stereocenters. The number of carbonyl (C=O) groups is 2. The lowest BCUT2D eigenvalue weighted by molar-refractivity contribution is -0.119. The third-order valence-electron chi connectivity index (χ3n) is 3.41. The number of anilines is 2. The van der Waals surface area contributed by atoms with Gasteiger partial charge in [0.25, 0.3) is 0 Å². The highest BCUT2D eigenvalue weighted by atomic mass is 35.5. The van der Waals surface area contributed by atoms with E-state index in [0.29, 0.717) is 22.2 Å². The number of benzene rings is 2. The predicted octanol–water partition coefficient (Wildman–Crippen LogP) is 3.46. The lowest BCUT2D eigenvalue weighted by Crippen LogP contribution is -2.36. The Morgan fingerprint density at radius 2 is 1.70 bits per heavy atom. The minimum Gasteiger partial charge on any atom is -0.325 e. The van der Waals surface area contributed by atoms with Gasteiger partial charge in [-0.05, 0) is 43.4 Å². The van der Waals surface area contributed by atoms with Crippen LogP contribution in [0.3, 0.4) is 0 Å². The van der Waals surface area contributed by atoms with Crippen LogP contribution in [0.15, 0.2) is 53.4 Å². The van der Waals surface area contributed by atoms with Crippen molar-refractivity contribution in [2.45, 2.75) is 4.90 Å². The van der Waals surface area contributed by atoms with Crippen molar-refractivity contribution in [3.8, 4) is 6.07 Å². The molecule has 0 aliphatic heterocycles. The smallest absolute Gasteiger partial charge is 0.238 e. The molecule has 2 aromatic carbocycles. The van der Waals surface area contributed by atoms with E-state index in [2.05, 4.69) is 16.7 Å². The van der Waals surface area contributed by atoms with E-state index < -0.39 is 0 Å². The molecule has 2 aromatic rings. The quantitative estimate of drug-likeness (QED) is 0.660. The number of hydrogen-bond donors (Lipinski definition) is 2. The standard InChI is InChI=1S/C19H19ClN4O2S/c1-24(12-18(25)22-15-8-6-14(20)7-9-15)13-19(26)23-16-4-2-3-5-17(16)27-11-10-21/h2-9H,11-13H2,1H3,(H,22,25)(H,23,26). The molecule has 8 heteroatoms. The summed E-state index contributed by atoms with van der Waals surface area (Å²) >= 11 is 7.17. The summed E-state index contributed by atoms with van der Waals surface area (Å²) in [5.74, 6) is -0.156. The Bertz CT molecular complexity index is 836.